The third-order valence-corrected chi connectivity index (χ3v) is 6.91. The minimum Gasteiger partial charge on any atom is -0.497 e. The molecule has 2 amide bonds. The summed E-state index contributed by atoms with van der Waals surface area (Å²) in [6, 6.07) is 11.6. The number of carbonyl (C=O) groups is 2. The molecule has 2 aliphatic rings. The smallest absolute Gasteiger partial charge is 0.313 e. The van der Waals surface area contributed by atoms with Crippen LogP contribution in [0.2, 0.25) is 0 Å². The monoisotopic (exact) mass is 481 g/mol. The average Bonchev–Trinajstić information content (AvgIpc) is 3.25. The van der Waals surface area contributed by atoms with Crippen LogP contribution in [0.1, 0.15) is 17.2 Å². The number of anilines is 2. The highest BCUT2D eigenvalue weighted by Gasteiger charge is 2.27. The number of nitrogens with zero attached hydrogens (tertiary/aromatic N) is 3. The SMILES string of the molecule is COc1ccc(NC(=O)C(=O)NC[C@@H](c2ccc3c(c2)CCN3C)N2CCN(C)CC2)c(OC)c1. The molecule has 2 aliphatic heterocycles. The molecule has 2 aromatic rings. The van der Waals surface area contributed by atoms with Gasteiger partial charge in [0.05, 0.1) is 25.9 Å². The molecular weight excluding hydrogens is 446 g/mol. The van der Waals surface area contributed by atoms with E-state index in [9.17, 15) is 9.59 Å². The van der Waals surface area contributed by atoms with Crippen molar-refractivity contribution in [2.75, 3.05) is 77.8 Å². The molecule has 1 fully saturated rings. The van der Waals surface area contributed by atoms with Gasteiger partial charge < -0.3 is 29.9 Å². The van der Waals surface area contributed by atoms with Crippen LogP contribution in [0.4, 0.5) is 11.4 Å². The van der Waals surface area contributed by atoms with Gasteiger partial charge in [0, 0.05) is 58.1 Å². The van der Waals surface area contributed by atoms with Gasteiger partial charge in [0.15, 0.2) is 0 Å². The Bertz CT molecular complexity index is 1070. The molecule has 0 spiro atoms. The first kappa shape index (κ1) is 24.8. The van der Waals surface area contributed by atoms with Crippen LogP contribution in [0.25, 0.3) is 0 Å². The summed E-state index contributed by atoms with van der Waals surface area (Å²) >= 11 is 0. The van der Waals surface area contributed by atoms with Crippen molar-refractivity contribution in [3.63, 3.8) is 0 Å². The van der Waals surface area contributed by atoms with Crippen molar-refractivity contribution < 1.29 is 19.1 Å². The van der Waals surface area contributed by atoms with Crippen LogP contribution in [0.5, 0.6) is 11.5 Å². The van der Waals surface area contributed by atoms with Crippen LogP contribution in [-0.4, -0.2) is 89.2 Å². The fraction of sp³-hybridized carbons (Fsp3) is 0.462. The number of benzene rings is 2. The van der Waals surface area contributed by atoms with Crippen molar-refractivity contribution in [3.05, 3.63) is 47.5 Å². The molecule has 0 aliphatic carbocycles. The number of likely N-dealkylation sites (N-methyl/N-ethyl adjacent to an activating group) is 2. The summed E-state index contributed by atoms with van der Waals surface area (Å²) in [6.07, 6.45) is 1.02. The van der Waals surface area contributed by atoms with Gasteiger partial charge in [0.25, 0.3) is 0 Å². The number of fused-ring (bicyclic) bond motifs is 1. The van der Waals surface area contributed by atoms with Gasteiger partial charge in [-0.3, -0.25) is 14.5 Å². The van der Waals surface area contributed by atoms with Gasteiger partial charge in [0.1, 0.15) is 11.5 Å². The van der Waals surface area contributed by atoms with Crippen molar-refractivity contribution in [1.82, 2.24) is 15.1 Å². The van der Waals surface area contributed by atoms with Crippen LogP contribution >= 0.6 is 0 Å². The van der Waals surface area contributed by atoms with Gasteiger partial charge in [-0.25, -0.2) is 0 Å². The van der Waals surface area contributed by atoms with E-state index in [-0.39, 0.29) is 6.04 Å². The molecule has 9 heteroatoms. The molecule has 0 unspecified atom stereocenters. The second-order valence-corrected chi connectivity index (χ2v) is 9.15. The van der Waals surface area contributed by atoms with E-state index in [4.69, 9.17) is 9.47 Å². The number of hydrogen-bond donors (Lipinski definition) is 2. The summed E-state index contributed by atoms with van der Waals surface area (Å²) in [4.78, 5) is 32.4. The lowest BCUT2D eigenvalue weighted by molar-refractivity contribution is -0.136. The van der Waals surface area contributed by atoms with Gasteiger partial charge in [-0.15, -0.1) is 0 Å². The van der Waals surface area contributed by atoms with E-state index >= 15 is 0 Å². The highest BCUT2D eigenvalue weighted by atomic mass is 16.5. The Kier molecular flexibility index (Phi) is 7.77. The Hall–Kier alpha value is -3.30. The largest absolute Gasteiger partial charge is 0.497 e. The molecule has 4 rings (SSSR count). The zero-order valence-corrected chi connectivity index (χ0v) is 21.0. The first-order chi connectivity index (χ1) is 16.9. The predicted molar refractivity (Wildman–Crippen MR) is 136 cm³/mol. The van der Waals surface area contributed by atoms with Gasteiger partial charge in [-0.05, 0) is 42.8 Å². The van der Waals surface area contributed by atoms with Gasteiger partial charge in [-0.1, -0.05) is 12.1 Å². The zero-order chi connectivity index (χ0) is 24.9. The maximum Gasteiger partial charge on any atom is 0.313 e. The molecule has 2 aromatic carbocycles. The second-order valence-electron chi connectivity index (χ2n) is 9.15. The standard InChI is InChI=1S/C26H35N5O4/c1-29-11-13-31(14-12-29)23(18-5-8-22-19(15-18)9-10-30(22)2)17-27-25(32)26(33)28-21-7-6-20(34-3)16-24(21)35-4/h5-8,15-16,23H,9-14,17H2,1-4H3,(H,27,32)(H,28,33)/t23-/m0/s1. The number of amides is 2. The molecule has 1 saturated heterocycles. The molecule has 1 atom stereocenters. The second kappa shape index (κ2) is 11.0. The maximum atomic E-state index is 12.7. The summed E-state index contributed by atoms with van der Waals surface area (Å²) in [5.41, 5.74) is 4.18. The molecule has 0 radical (unpaired) electrons. The Morgan fingerprint density at radius 1 is 0.943 bits per heavy atom. The molecule has 2 N–H and O–H groups in total. The van der Waals surface area contributed by atoms with Crippen molar-refractivity contribution in [1.29, 1.82) is 0 Å². The molecule has 0 saturated carbocycles. The number of carbonyl (C=O) groups excluding carboxylic acids is 2. The Balaban J connectivity index is 1.45. The van der Waals surface area contributed by atoms with Crippen molar-refractivity contribution >= 4 is 23.2 Å². The van der Waals surface area contributed by atoms with E-state index in [2.05, 4.69) is 57.6 Å². The maximum absolute atomic E-state index is 12.7. The summed E-state index contributed by atoms with van der Waals surface area (Å²) in [5.74, 6) is -0.396. The molecule has 9 nitrogen and oxygen atoms in total. The van der Waals surface area contributed by atoms with E-state index in [1.54, 1.807) is 25.3 Å². The van der Waals surface area contributed by atoms with E-state index in [1.165, 1.54) is 23.9 Å². The minimum absolute atomic E-state index is 0.00724. The lowest BCUT2D eigenvalue weighted by atomic mass is 10.00. The van der Waals surface area contributed by atoms with Gasteiger partial charge in [0.2, 0.25) is 0 Å². The van der Waals surface area contributed by atoms with E-state index in [0.29, 0.717) is 23.7 Å². The topological polar surface area (TPSA) is 86.4 Å². The van der Waals surface area contributed by atoms with E-state index in [0.717, 1.165) is 39.1 Å². The minimum atomic E-state index is -0.735. The molecule has 188 valence electrons. The summed E-state index contributed by atoms with van der Waals surface area (Å²) < 4.78 is 10.5. The van der Waals surface area contributed by atoms with Gasteiger partial charge in [-0.2, -0.15) is 0 Å². The Morgan fingerprint density at radius 3 is 2.43 bits per heavy atom. The molecule has 2 heterocycles. The quantitative estimate of drug-likeness (QED) is 0.583. The summed E-state index contributed by atoms with van der Waals surface area (Å²) in [7, 11) is 7.28. The van der Waals surface area contributed by atoms with E-state index in [1.807, 2.05) is 0 Å². The number of piperazine rings is 1. The van der Waals surface area contributed by atoms with Crippen molar-refractivity contribution in [2.24, 2.45) is 0 Å². The highest BCUT2D eigenvalue weighted by Crippen LogP contribution is 2.32. The first-order valence-electron chi connectivity index (χ1n) is 12.0. The third kappa shape index (κ3) is 5.68. The van der Waals surface area contributed by atoms with Gasteiger partial charge >= 0.3 is 11.8 Å². The lowest BCUT2D eigenvalue weighted by Gasteiger charge is -2.38. The highest BCUT2D eigenvalue weighted by molar-refractivity contribution is 6.39. The number of hydrogen-bond acceptors (Lipinski definition) is 7. The predicted octanol–water partition coefficient (Wildman–Crippen LogP) is 1.74. The van der Waals surface area contributed by atoms with Crippen LogP contribution in [-0.2, 0) is 16.0 Å². The molecule has 0 aromatic heterocycles. The Labute approximate surface area is 207 Å². The number of rotatable bonds is 7. The van der Waals surface area contributed by atoms with Crippen LogP contribution in [0.3, 0.4) is 0 Å². The fourth-order valence-corrected chi connectivity index (χ4v) is 4.74. The summed E-state index contributed by atoms with van der Waals surface area (Å²) in [5, 5.41) is 5.51. The van der Waals surface area contributed by atoms with Crippen LogP contribution in [0.15, 0.2) is 36.4 Å². The Morgan fingerprint density at radius 2 is 1.71 bits per heavy atom. The first-order valence-corrected chi connectivity index (χ1v) is 12.0. The fourth-order valence-electron chi connectivity index (χ4n) is 4.74. The third-order valence-electron chi connectivity index (χ3n) is 6.91. The summed E-state index contributed by atoms with van der Waals surface area (Å²) in [6.45, 7) is 5.12. The number of methoxy groups -OCH3 is 2. The molecular formula is C26H35N5O4. The zero-order valence-electron chi connectivity index (χ0n) is 21.0. The normalized spacial score (nSPS) is 17.0. The number of nitrogens with one attached hydrogen (secondary N) is 2. The number of ether oxygens (including phenoxy) is 2. The van der Waals surface area contributed by atoms with E-state index < -0.39 is 11.8 Å². The molecule has 35 heavy (non-hydrogen) atoms. The molecule has 0 bridgehead atoms. The van der Waals surface area contributed by atoms with Crippen molar-refractivity contribution in [3.8, 4) is 11.5 Å². The van der Waals surface area contributed by atoms with Crippen molar-refractivity contribution in [2.45, 2.75) is 12.5 Å². The van der Waals surface area contributed by atoms with Crippen LogP contribution in [0, 0.1) is 0 Å². The average molecular weight is 482 g/mol. The lowest BCUT2D eigenvalue weighted by Crippen LogP contribution is -2.49. The van der Waals surface area contributed by atoms with Crippen LogP contribution < -0.4 is 25.0 Å².